The van der Waals surface area contributed by atoms with Crippen molar-refractivity contribution in [2.45, 2.75) is 51.6 Å². The number of nitrogens with zero attached hydrogens (tertiary/aromatic N) is 2. The molecule has 0 spiro atoms. The lowest BCUT2D eigenvalue weighted by atomic mass is 10.1. The molecule has 7 heteroatoms. The smallest absolute Gasteiger partial charge is 0.225 e. The van der Waals surface area contributed by atoms with Gasteiger partial charge in [0.25, 0.3) is 0 Å². The van der Waals surface area contributed by atoms with Crippen molar-refractivity contribution in [1.82, 2.24) is 15.5 Å². The van der Waals surface area contributed by atoms with Gasteiger partial charge in [-0.2, -0.15) is 11.3 Å². The van der Waals surface area contributed by atoms with Gasteiger partial charge in [-0.1, -0.05) is 12.8 Å². The predicted octanol–water partition coefficient (Wildman–Crippen LogP) is 3.21. The summed E-state index contributed by atoms with van der Waals surface area (Å²) < 4.78 is 0. The SMILES string of the molecule is CCNC(=NCc1ccsc1)NC1CCN(C(=O)C2CCCC2)C1.I. The van der Waals surface area contributed by atoms with Crippen molar-refractivity contribution < 1.29 is 4.79 Å². The predicted molar refractivity (Wildman–Crippen MR) is 115 cm³/mol. The molecule has 3 rings (SSSR count). The van der Waals surface area contributed by atoms with Gasteiger partial charge in [-0.15, -0.1) is 24.0 Å². The number of aliphatic imine (C=N–C) groups is 1. The zero-order valence-electron chi connectivity index (χ0n) is 14.9. The average Bonchev–Trinajstić information content (AvgIpc) is 3.33. The summed E-state index contributed by atoms with van der Waals surface area (Å²) in [5.74, 6) is 1.50. The molecular weight excluding hydrogens is 447 g/mol. The Morgan fingerprint density at radius 1 is 1.36 bits per heavy atom. The maximum absolute atomic E-state index is 12.5. The van der Waals surface area contributed by atoms with Crippen LogP contribution in [0, 0.1) is 5.92 Å². The average molecular weight is 476 g/mol. The quantitative estimate of drug-likeness (QED) is 0.390. The lowest BCUT2D eigenvalue weighted by molar-refractivity contribution is -0.134. The molecule has 2 aliphatic rings. The number of thiophene rings is 1. The number of hydrogen-bond donors (Lipinski definition) is 2. The second-order valence-corrected chi connectivity index (χ2v) is 7.50. The normalized spacial score (nSPS) is 21.2. The molecule has 2 heterocycles. The highest BCUT2D eigenvalue weighted by Gasteiger charge is 2.32. The van der Waals surface area contributed by atoms with Gasteiger partial charge in [0.15, 0.2) is 5.96 Å². The highest BCUT2D eigenvalue weighted by molar-refractivity contribution is 14.0. The van der Waals surface area contributed by atoms with Crippen LogP contribution in [0.3, 0.4) is 0 Å². The van der Waals surface area contributed by atoms with Gasteiger partial charge in [0, 0.05) is 31.6 Å². The molecule has 1 saturated carbocycles. The van der Waals surface area contributed by atoms with Crippen LogP contribution in [0.2, 0.25) is 0 Å². The van der Waals surface area contributed by atoms with E-state index in [9.17, 15) is 4.79 Å². The minimum absolute atomic E-state index is 0. The summed E-state index contributed by atoms with van der Waals surface area (Å²) in [6.45, 7) is 5.28. The van der Waals surface area contributed by atoms with Crippen LogP contribution >= 0.6 is 35.3 Å². The minimum Gasteiger partial charge on any atom is -0.357 e. The number of guanidine groups is 1. The summed E-state index contributed by atoms with van der Waals surface area (Å²) in [4.78, 5) is 19.3. The Hall–Kier alpha value is -0.830. The van der Waals surface area contributed by atoms with Crippen LogP contribution in [-0.4, -0.2) is 42.4 Å². The maximum Gasteiger partial charge on any atom is 0.225 e. The minimum atomic E-state index is 0. The molecule has 140 valence electrons. The first kappa shape index (κ1) is 20.5. The maximum atomic E-state index is 12.5. The molecule has 1 aromatic rings. The third-order valence-corrected chi connectivity index (χ3v) is 5.62. The largest absolute Gasteiger partial charge is 0.357 e. The van der Waals surface area contributed by atoms with E-state index in [1.807, 2.05) is 0 Å². The Kier molecular flexibility index (Phi) is 8.48. The Morgan fingerprint density at radius 2 is 2.16 bits per heavy atom. The number of hydrogen-bond acceptors (Lipinski definition) is 3. The van der Waals surface area contributed by atoms with Crippen molar-refractivity contribution in [2.75, 3.05) is 19.6 Å². The van der Waals surface area contributed by atoms with Crippen molar-refractivity contribution >= 4 is 47.2 Å². The van der Waals surface area contributed by atoms with Crippen LogP contribution in [-0.2, 0) is 11.3 Å². The molecule has 0 aromatic carbocycles. The standard InChI is InChI=1S/C18H28N4OS.HI/c1-2-19-18(20-11-14-8-10-24-13-14)21-16-7-9-22(12-16)17(23)15-5-3-4-6-15;/h8,10,13,15-16H,2-7,9,11-12H2,1H3,(H2,19,20,21);1H. The molecule has 0 bridgehead atoms. The molecule has 1 aromatic heterocycles. The Morgan fingerprint density at radius 3 is 2.84 bits per heavy atom. The van der Waals surface area contributed by atoms with Crippen LogP contribution in [0.15, 0.2) is 21.8 Å². The van der Waals surface area contributed by atoms with E-state index >= 15 is 0 Å². The van der Waals surface area contributed by atoms with Crippen molar-refractivity contribution in [1.29, 1.82) is 0 Å². The Labute approximate surface area is 171 Å². The van der Waals surface area contributed by atoms with Crippen molar-refractivity contribution in [3.63, 3.8) is 0 Å². The lowest BCUT2D eigenvalue weighted by Crippen LogP contribution is -2.45. The van der Waals surface area contributed by atoms with Crippen LogP contribution in [0.25, 0.3) is 0 Å². The van der Waals surface area contributed by atoms with Gasteiger partial charge in [0.1, 0.15) is 0 Å². The topological polar surface area (TPSA) is 56.7 Å². The number of rotatable bonds is 5. The van der Waals surface area contributed by atoms with E-state index < -0.39 is 0 Å². The number of likely N-dealkylation sites (tertiary alicyclic amines) is 1. The highest BCUT2D eigenvalue weighted by Crippen LogP contribution is 2.27. The number of amides is 1. The second-order valence-electron chi connectivity index (χ2n) is 6.72. The number of nitrogens with one attached hydrogen (secondary N) is 2. The van der Waals surface area contributed by atoms with E-state index in [1.165, 1.54) is 18.4 Å². The summed E-state index contributed by atoms with van der Waals surface area (Å²) in [5, 5.41) is 11.0. The summed E-state index contributed by atoms with van der Waals surface area (Å²) in [6.07, 6.45) is 5.59. The molecule has 1 amide bonds. The molecular formula is C18H29IN4OS. The molecule has 25 heavy (non-hydrogen) atoms. The van der Waals surface area contributed by atoms with E-state index in [0.717, 1.165) is 44.9 Å². The number of halogens is 1. The number of carbonyl (C=O) groups is 1. The first-order chi connectivity index (χ1) is 11.8. The molecule has 5 nitrogen and oxygen atoms in total. The molecule has 0 radical (unpaired) electrons. The van der Waals surface area contributed by atoms with Crippen LogP contribution in [0.1, 0.15) is 44.6 Å². The molecule has 2 N–H and O–H groups in total. The summed E-state index contributed by atoms with van der Waals surface area (Å²) in [7, 11) is 0. The summed E-state index contributed by atoms with van der Waals surface area (Å²) in [6, 6.07) is 2.41. The molecule has 1 aliphatic carbocycles. The summed E-state index contributed by atoms with van der Waals surface area (Å²) in [5.41, 5.74) is 1.24. The van der Waals surface area contributed by atoms with E-state index in [0.29, 0.717) is 18.5 Å². The van der Waals surface area contributed by atoms with Crippen LogP contribution < -0.4 is 10.6 Å². The third kappa shape index (κ3) is 5.84. The molecule has 1 atom stereocenters. The van der Waals surface area contributed by atoms with E-state index in [2.05, 4.69) is 44.3 Å². The van der Waals surface area contributed by atoms with E-state index in [-0.39, 0.29) is 29.9 Å². The molecule has 1 aliphatic heterocycles. The fourth-order valence-corrected chi connectivity index (χ4v) is 4.24. The summed E-state index contributed by atoms with van der Waals surface area (Å²) >= 11 is 1.70. The van der Waals surface area contributed by atoms with Gasteiger partial charge in [-0.3, -0.25) is 4.79 Å². The monoisotopic (exact) mass is 476 g/mol. The molecule has 1 unspecified atom stereocenters. The van der Waals surface area contributed by atoms with Crippen molar-refractivity contribution in [2.24, 2.45) is 10.9 Å². The van der Waals surface area contributed by atoms with Gasteiger partial charge in [-0.05, 0) is 48.6 Å². The first-order valence-electron chi connectivity index (χ1n) is 9.11. The fraction of sp³-hybridized carbons (Fsp3) is 0.667. The Balaban J connectivity index is 0.00000225. The first-order valence-corrected chi connectivity index (χ1v) is 10.0. The second kappa shape index (κ2) is 10.4. The zero-order valence-corrected chi connectivity index (χ0v) is 18.0. The lowest BCUT2D eigenvalue weighted by Gasteiger charge is -2.21. The van der Waals surface area contributed by atoms with Gasteiger partial charge in [0.2, 0.25) is 5.91 Å². The highest BCUT2D eigenvalue weighted by atomic mass is 127. The van der Waals surface area contributed by atoms with Crippen LogP contribution in [0.5, 0.6) is 0 Å². The third-order valence-electron chi connectivity index (χ3n) is 4.89. The molecule has 2 fully saturated rings. The van der Waals surface area contributed by atoms with E-state index in [4.69, 9.17) is 0 Å². The molecule has 1 saturated heterocycles. The van der Waals surface area contributed by atoms with Crippen molar-refractivity contribution in [3.05, 3.63) is 22.4 Å². The zero-order chi connectivity index (χ0) is 16.8. The van der Waals surface area contributed by atoms with Gasteiger partial charge >= 0.3 is 0 Å². The number of carbonyl (C=O) groups excluding carboxylic acids is 1. The van der Waals surface area contributed by atoms with Crippen molar-refractivity contribution in [3.8, 4) is 0 Å². The van der Waals surface area contributed by atoms with Gasteiger partial charge < -0.3 is 15.5 Å². The Bertz CT molecular complexity index is 557. The van der Waals surface area contributed by atoms with Gasteiger partial charge in [0.05, 0.1) is 6.54 Å². The van der Waals surface area contributed by atoms with Gasteiger partial charge in [-0.25, -0.2) is 4.99 Å². The van der Waals surface area contributed by atoms with E-state index in [1.54, 1.807) is 11.3 Å². The fourth-order valence-electron chi connectivity index (χ4n) is 3.58. The van der Waals surface area contributed by atoms with Crippen LogP contribution in [0.4, 0.5) is 0 Å².